The molecule has 0 atom stereocenters. The van der Waals surface area contributed by atoms with Crippen LogP contribution in [0.15, 0.2) is 42.5 Å². The maximum absolute atomic E-state index is 12.9. The van der Waals surface area contributed by atoms with E-state index >= 15 is 0 Å². The number of hydrogen-bond donors (Lipinski definition) is 0. The van der Waals surface area contributed by atoms with Gasteiger partial charge in [0.15, 0.2) is 0 Å². The molecule has 0 unspecified atom stereocenters. The van der Waals surface area contributed by atoms with E-state index in [4.69, 9.17) is 4.74 Å². The Morgan fingerprint density at radius 1 is 0.943 bits per heavy atom. The molecule has 0 bridgehead atoms. The topological polar surface area (TPSA) is 50.1 Å². The molecule has 3 heteroatoms. The fraction of sp³-hybridized carbons (Fsp3) is 0.562. The number of unbranched alkanes of at least 4 members (excludes halogenated alkanes) is 4. The van der Waals surface area contributed by atoms with Gasteiger partial charge in [0.25, 0.3) is 0 Å². The molecule has 0 aliphatic heterocycles. The van der Waals surface area contributed by atoms with Crippen molar-refractivity contribution < 1.29 is 9.53 Å². The minimum absolute atomic E-state index is 0.0821. The largest absolute Gasteiger partial charge is 0.425 e. The van der Waals surface area contributed by atoms with E-state index in [9.17, 15) is 10.1 Å². The number of hydrogen-bond acceptors (Lipinski definition) is 3. The summed E-state index contributed by atoms with van der Waals surface area (Å²) >= 11 is 0. The van der Waals surface area contributed by atoms with Gasteiger partial charge in [0, 0.05) is 0 Å². The summed E-state index contributed by atoms with van der Waals surface area (Å²) in [5.74, 6) is 1.39. The van der Waals surface area contributed by atoms with Crippen LogP contribution in [0.5, 0.6) is 5.75 Å². The molecule has 3 rings (SSSR count). The third-order valence-electron chi connectivity index (χ3n) is 7.47. The molecule has 0 radical (unpaired) electrons. The zero-order valence-corrected chi connectivity index (χ0v) is 22.0. The summed E-state index contributed by atoms with van der Waals surface area (Å²) in [6, 6.07) is 17.0. The zero-order chi connectivity index (χ0) is 25.0. The molecule has 1 aliphatic carbocycles. The van der Waals surface area contributed by atoms with Gasteiger partial charge in [-0.05, 0) is 92.0 Å². The summed E-state index contributed by atoms with van der Waals surface area (Å²) in [7, 11) is 0. The van der Waals surface area contributed by atoms with Crippen LogP contribution in [-0.2, 0) is 17.6 Å². The molecular formula is C32H43NO2. The summed E-state index contributed by atoms with van der Waals surface area (Å²) in [4.78, 5) is 12.9. The highest BCUT2D eigenvalue weighted by atomic mass is 16.5. The number of aryl methyl sites for hydroxylation is 2. The maximum Gasteiger partial charge on any atom is 0.314 e. The van der Waals surface area contributed by atoms with Crippen molar-refractivity contribution in [3.05, 3.63) is 64.7 Å². The fourth-order valence-electron chi connectivity index (χ4n) is 5.11. The van der Waals surface area contributed by atoms with Crippen LogP contribution in [-0.4, -0.2) is 5.97 Å². The minimum Gasteiger partial charge on any atom is -0.425 e. The van der Waals surface area contributed by atoms with Crippen molar-refractivity contribution in [2.45, 2.75) is 104 Å². The van der Waals surface area contributed by atoms with E-state index in [1.54, 1.807) is 0 Å². The van der Waals surface area contributed by atoms with Gasteiger partial charge < -0.3 is 4.74 Å². The van der Waals surface area contributed by atoms with Crippen molar-refractivity contribution >= 4 is 5.97 Å². The fourth-order valence-corrected chi connectivity index (χ4v) is 5.11. The quantitative estimate of drug-likeness (QED) is 0.176. The van der Waals surface area contributed by atoms with Crippen LogP contribution in [0.25, 0.3) is 0 Å². The molecule has 0 amide bonds. The Balaban J connectivity index is 1.48. The van der Waals surface area contributed by atoms with Crippen molar-refractivity contribution in [3.63, 3.8) is 0 Å². The second kappa shape index (κ2) is 14.1. The standard InChI is InChI=1S/C32H43NO2/c1-4-5-6-7-8-9-26-14-21-31(30(22-26)23-33)35-32(34)29-19-17-28(18-20-29)27-15-12-25(13-16-27)11-10-24(2)3/h12-16,21-22,24,28-29H,4-11,17-20H2,1-3H3. The number of esters is 1. The van der Waals surface area contributed by atoms with Gasteiger partial charge in [-0.15, -0.1) is 0 Å². The van der Waals surface area contributed by atoms with Crippen molar-refractivity contribution in [2.75, 3.05) is 0 Å². The van der Waals surface area contributed by atoms with Crippen molar-refractivity contribution in [3.8, 4) is 11.8 Å². The number of carbonyl (C=O) groups excluding carboxylic acids is 1. The highest BCUT2D eigenvalue weighted by Crippen LogP contribution is 2.37. The van der Waals surface area contributed by atoms with Gasteiger partial charge in [0.1, 0.15) is 11.8 Å². The summed E-state index contributed by atoms with van der Waals surface area (Å²) in [5, 5.41) is 9.61. The maximum atomic E-state index is 12.9. The smallest absolute Gasteiger partial charge is 0.314 e. The van der Waals surface area contributed by atoms with E-state index in [0.29, 0.717) is 17.2 Å². The van der Waals surface area contributed by atoms with E-state index in [2.05, 4.69) is 51.1 Å². The highest BCUT2D eigenvalue weighted by Gasteiger charge is 2.29. The first kappa shape index (κ1) is 27.0. The van der Waals surface area contributed by atoms with E-state index < -0.39 is 0 Å². The van der Waals surface area contributed by atoms with Gasteiger partial charge in [-0.1, -0.05) is 76.8 Å². The predicted molar refractivity (Wildman–Crippen MR) is 144 cm³/mol. The van der Waals surface area contributed by atoms with Gasteiger partial charge in [0.2, 0.25) is 0 Å². The second-order valence-corrected chi connectivity index (χ2v) is 10.8. The number of carbonyl (C=O) groups is 1. The first-order valence-electron chi connectivity index (χ1n) is 13.8. The molecule has 1 aliphatic rings. The molecule has 0 heterocycles. The van der Waals surface area contributed by atoms with E-state index in [1.165, 1.54) is 43.2 Å². The normalized spacial score (nSPS) is 17.8. The lowest BCUT2D eigenvalue weighted by molar-refractivity contribution is -0.140. The average Bonchev–Trinajstić information content (AvgIpc) is 2.88. The van der Waals surface area contributed by atoms with Gasteiger partial charge in [-0.3, -0.25) is 4.79 Å². The lowest BCUT2D eigenvalue weighted by Crippen LogP contribution is -2.25. The van der Waals surface area contributed by atoms with Gasteiger partial charge >= 0.3 is 5.97 Å². The van der Waals surface area contributed by atoms with Gasteiger partial charge in [-0.25, -0.2) is 0 Å². The van der Waals surface area contributed by atoms with E-state index in [-0.39, 0.29) is 11.9 Å². The Hall–Kier alpha value is -2.60. The monoisotopic (exact) mass is 473 g/mol. The Morgan fingerprint density at radius 3 is 2.29 bits per heavy atom. The van der Waals surface area contributed by atoms with Crippen LogP contribution < -0.4 is 4.74 Å². The molecular weight excluding hydrogens is 430 g/mol. The Bertz CT molecular complexity index is 962. The van der Waals surface area contributed by atoms with Crippen LogP contribution in [0.3, 0.4) is 0 Å². The highest BCUT2D eigenvalue weighted by molar-refractivity contribution is 5.76. The third-order valence-corrected chi connectivity index (χ3v) is 7.47. The number of rotatable bonds is 12. The molecule has 188 valence electrons. The van der Waals surface area contributed by atoms with Crippen molar-refractivity contribution in [1.82, 2.24) is 0 Å². The minimum atomic E-state index is -0.184. The summed E-state index contributed by atoms with van der Waals surface area (Å²) in [5.41, 5.74) is 4.42. The predicted octanol–water partition coefficient (Wildman–Crippen LogP) is 8.54. The molecule has 1 saturated carbocycles. The summed E-state index contributed by atoms with van der Waals surface area (Å²) in [6.07, 6.45) is 13.2. The molecule has 0 spiro atoms. The van der Waals surface area contributed by atoms with Gasteiger partial charge in [0.05, 0.1) is 11.5 Å². The SMILES string of the molecule is CCCCCCCc1ccc(OC(=O)C2CCC(c3ccc(CCC(C)C)cc3)CC2)c(C#N)c1. The second-order valence-electron chi connectivity index (χ2n) is 10.8. The zero-order valence-electron chi connectivity index (χ0n) is 22.0. The van der Waals surface area contributed by atoms with Crippen LogP contribution in [0, 0.1) is 23.2 Å². The molecule has 0 N–H and O–H groups in total. The summed E-state index contributed by atoms with van der Waals surface area (Å²) < 4.78 is 5.73. The van der Waals surface area contributed by atoms with E-state index in [1.807, 2.05) is 18.2 Å². The molecule has 0 aromatic heterocycles. The lowest BCUT2D eigenvalue weighted by atomic mass is 9.78. The van der Waals surface area contributed by atoms with Crippen LogP contribution in [0.2, 0.25) is 0 Å². The van der Waals surface area contributed by atoms with Gasteiger partial charge in [-0.2, -0.15) is 5.26 Å². The van der Waals surface area contributed by atoms with Crippen LogP contribution >= 0.6 is 0 Å². The third kappa shape index (κ3) is 8.53. The Kier molecular flexibility index (Phi) is 10.9. The first-order valence-corrected chi connectivity index (χ1v) is 13.8. The van der Waals surface area contributed by atoms with Crippen LogP contribution in [0.1, 0.15) is 113 Å². The molecule has 1 fully saturated rings. The number of nitrogens with zero attached hydrogens (tertiary/aromatic N) is 1. The van der Waals surface area contributed by atoms with Crippen LogP contribution in [0.4, 0.5) is 0 Å². The number of ether oxygens (including phenoxy) is 1. The first-order chi connectivity index (χ1) is 17.0. The average molecular weight is 474 g/mol. The Labute approximate surface area is 212 Å². The molecule has 2 aromatic carbocycles. The molecule has 35 heavy (non-hydrogen) atoms. The Morgan fingerprint density at radius 2 is 1.63 bits per heavy atom. The van der Waals surface area contributed by atoms with E-state index in [0.717, 1.165) is 56.4 Å². The lowest BCUT2D eigenvalue weighted by Gasteiger charge is -2.27. The van der Waals surface area contributed by atoms with Crippen molar-refractivity contribution in [1.29, 1.82) is 5.26 Å². The molecule has 3 nitrogen and oxygen atoms in total. The molecule has 0 saturated heterocycles. The molecule has 2 aromatic rings. The number of benzene rings is 2. The number of nitriles is 1. The van der Waals surface area contributed by atoms with Crippen molar-refractivity contribution in [2.24, 2.45) is 11.8 Å². The summed E-state index contributed by atoms with van der Waals surface area (Å²) in [6.45, 7) is 6.76.